The summed E-state index contributed by atoms with van der Waals surface area (Å²) < 4.78 is 5.60. The first kappa shape index (κ1) is 15.3. The Balaban J connectivity index is 1.86. The summed E-state index contributed by atoms with van der Waals surface area (Å²) in [4.78, 5) is 12.8. The molecule has 0 fully saturated rings. The quantitative estimate of drug-likeness (QED) is 0.801. The zero-order valence-electron chi connectivity index (χ0n) is 12.2. The topological polar surface area (TPSA) is 38.3 Å². The molecular formula is C17H19NO2S. The molecule has 0 aliphatic heterocycles. The van der Waals surface area contributed by atoms with E-state index < -0.39 is 0 Å². The van der Waals surface area contributed by atoms with Gasteiger partial charge in [-0.15, -0.1) is 11.3 Å². The second-order valence-corrected chi connectivity index (χ2v) is 6.05. The lowest BCUT2D eigenvalue weighted by atomic mass is 10.2. The van der Waals surface area contributed by atoms with E-state index >= 15 is 0 Å². The Labute approximate surface area is 129 Å². The lowest BCUT2D eigenvalue weighted by Crippen LogP contribution is -2.08. The summed E-state index contributed by atoms with van der Waals surface area (Å²) in [7, 11) is 0. The minimum atomic E-state index is -0.140. The van der Waals surface area contributed by atoms with Gasteiger partial charge in [0.2, 0.25) is 5.91 Å². The average molecular weight is 301 g/mol. The Morgan fingerprint density at radius 3 is 2.67 bits per heavy atom. The molecule has 1 aromatic heterocycles. The van der Waals surface area contributed by atoms with E-state index in [0.717, 1.165) is 16.3 Å². The summed E-state index contributed by atoms with van der Waals surface area (Å²) in [6, 6.07) is 11.3. The molecule has 0 aliphatic carbocycles. The third kappa shape index (κ3) is 5.44. The predicted octanol–water partition coefficient (Wildman–Crippen LogP) is 4.43. The molecule has 0 saturated heterocycles. The molecule has 0 aliphatic rings. The van der Waals surface area contributed by atoms with E-state index in [0.29, 0.717) is 12.5 Å². The fraction of sp³-hybridized carbons (Fsp3) is 0.235. The fourth-order valence-electron chi connectivity index (χ4n) is 1.63. The van der Waals surface area contributed by atoms with Crippen LogP contribution in [0.5, 0.6) is 5.75 Å². The molecule has 4 heteroatoms. The van der Waals surface area contributed by atoms with Gasteiger partial charge in [0.05, 0.1) is 6.61 Å². The van der Waals surface area contributed by atoms with Gasteiger partial charge in [0, 0.05) is 16.6 Å². The molecule has 2 rings (SSSR count). The summed E-state index contributed by atoms with van der Waals surface area (Å²) in [6.45, 7) is 4.90. The monoisotopic (exact) mass is 301 g/mol. The van der Waals surface area contributed by atoms with Crippen molar-refractivity contribution in [3.8, 4) is 5.75 Å². The molecule has 0 atom stereocenters. The third-order valence-corrected chi connectivity index (χ3v) is 3.48. The van der Waals surface area contributed by atoms with Crippen LogP contribution in [0, 0.1) is 5.92 Å². The second-order valence-electron chi connectivity index (χ2n) is 5.07. The number of carbonyl (C=O) groups is 1. The Morgan fingerprint density at radius 2 is 2.05 bits per heavy atom. The highest BCUT2D eigenvalue weighted by atomic mass is 32.1. The molecule has 1 heterocycles. The van der Waals surface area contributed by atoms with Gasteiger partial charge in [0.25, 0.3) is 0 Å². The van der Waals surface area contributed by atoms with E-state index in [1.54, 1.807) is 17.4 Å². The maximum absolute atomic E-state index is 11.8. The largest absolute Gasteiger partial charge is 0.493 e. The van der Waals surface area contributed by atoms with E-state index in [2.05, 4.69) is 19.2 Å². The summed E-state index contributed by atoms with van der Waals surface area (Å²) >= 11 is 1.60. The van der Waals surface area contributed by atoms with Crippen molar-refractivity contribution in [1.29, 1.82) is 0 Å². The molecule has 1 amide bonds. The van der Waals surface area contributed by atoms with Crippen LogP contribution in [-0.2, 0) is 4.79 Å². The molecule has 0 saturated carbocycles. The second kappa shape index (κ2) is 7.64. The third-order valence-electron chi connectivity index (χ3n) is 2.65. The molecule has 0 radical (unpaired) electrons. The van der Waals surface area contributed by atoms with Crippen LogP contribution >= 0.6 is 11.3 Å². The van der Waals surface area contributed by atoms with Crippen LogP contribution in [0.25, 0.3) is 6.08 Å². The van der Waals surface area contributed by atoms with Crippen molar-refractivity contribution in [1.82, 2.24) is 0 Å². The molecule has 1 aromatic carbocycles. The van der Waals surface area contributed by atoms with Crippen molar-refractivity contribution < 1.29 is 9.53 Å². The molecule has 2 aromatic rings. The van der Waals surface area contributed by atoms with Crippen molar-refractivity contribution in [3.05, 3.63) is 52.7 Å². The number of anilines is 1. The van der Waals surface area contributed by atoms with Crippen molar-refractivity contribution in [2.24, 2.45) is 5.92 Å². The molecule has 110 valence electrons. The van der Waals surface area contributed by atoms with Gasteiger partial charge in [-0.2, -0.15) is 0 Å². The minimum Gasteiger partial charge on any atom is -0.493 e. The van der Waals surface area contributed by atoms with E-state index in [-0.39, 0.29) is 5.91 Å². The number of carbonyl (C=O) groups excluding carboxylic acids is 1. The molecule has 0 bridgehead atoms. The molecule has 3 nitrogen and oxygen atoms in total. The predicted molar refractivity (Wildman–Crippen MR) is 88.8 cm³/mol. The highest BCUT2D eigenvalue weighted by molar-refractivity contribution is 7.10. The van der Waals surface area contributed by atoms with Crippen LogP contribution < -0.4 is 10.1 Å². The van der Waals surface area contributed by atoms with Crippen LogP contribution in [0.15, 0.2) is 47.9 Å². The molecule has 1 N–H and O–H groups in total. The molecule has 0 unspecified atom stereocenters. The molecule has 21 heavy (non-hydrogen) atoms. The zero-order valence-corrected chi connectivity index (χ0v) is 13.0. The van der Waals surface area contributed by atoms with Crippen LogP contribution in [0.3, 0.4) is 0 Å². The smallest absolute Gasteiger partial charge is 0.248 e. The van der Waals surface area contributed by atoms with Gasteiger partial charge in [-0.25, -0.2) is 0 Å². The maximum Gasteiger partial charge on any atom is 0.248 e. The van der Waals surface area contributed by atoms with Crippen molar-refractivity contribution in [3.63, 3.8) is 0 Å². The number of ether oxygens (including phenoxy) is 1. The van der Waals surface area contributed by atoms with Gasteiger partial charge in [-0.05, 0) is 47.7 Å². The number of rotatable bonds is 6. The van der Waals surface area contributed by atoms with Crippen LogP contribution in [0.1, 0.15) is 18.7 Å². The number of benzene rings is 1. The first-order valence-electron chi connectivity index (χ1n) is 6.89. The highest BCUT2D eigenvalue weighted by Crippen LogP contribution is 2.16. The van der Waals surface area contributed by atoms with E-state index in [4.69, 9.17) is 4.74 Å². The van der Waals surface area contributed by atoms with Gasteiger partial charge in [0.15, 0.2) is 0 Å². The van der Waals surface area contributed by atoms with Crippen LogP contribution in [-0.4, -0.2) is 12.5 Å². The fourth-order valence-corrected chi connectivity index (χ4v) is 2.24. The highest BCUT2D eigenvalue weighted by Gasteiger charge is 2.00. The number of amides is 1. The van der Waals surface area contributed by atoms with Crippen LogP contribution in [0.2, 0.25) is 0 Å². The Bertz CT molecular complexity index is 586. The minimum absolute atomic E-state index is 0.140. The van der Waals surface area contributed by atoms with Gasteiger partial charge >= 0.3 is 0 Å². The maximum atomic E-state index is 11.8. The Hall–Kier alpha value is -2.07. The molecule has 0 spiro atoms. The van der Waals surface area contributed by atoms with Gasteiger partial charge in [-0.3, -0.25) is 4.79 Å². The van der Waals surface area contributed by atoms with Gasteiger partial charge in [0.1, 0.15) is 5.75 Å². The number of nitrogens with one attached hydrogen (secondary N) is 1. The normalized spacial score (nSPS) is 11.0. The summed E-state index contributed by atoms with van der Waals surface area (Å²) in [5, 5.41) is 4.80. The summed E-state index contributed by atoms with van der Waals surface area (Å²) in [5.41, 5.74) is 0.757. The number of thiophene rings is 1. The standard InChI is InChI=1S/C17H19NO2S/c1-13(2)12-20-15-7-5-14(6-8-15)18-17(19)10-9-16-4-3-11-21-16/h3-11,13H,12H2,1-2H3,(H,18,19). The first-order chi connectivity index (χ1) is 10.1. The average Bonchev–Trinajstić information content (AvgIpc) is 2.98. The van der Waals surface area contributed by atoms with E-state index in [9.17, 15) is 4.79 Å². The van der Waals surface area contributed by atoms with Crippen LogP contribution in [0.4, 0.5) is 5.69 Å². The van der Waals surface area contributed by atoms with Gasteiger partial charge in [-0.1, -0.05) is 19.9 Å². The van der Waals surface area contributed by atoms with Gasteiger partial charge < -0.3 is 10.1 Å². The Morgan fingerprint density at radius 1 is 1.29 bits per heavy atom. The first-order valence-corrected chi connectivity index (χ1v) is 7.77. The molecular weight excluding hydrogens is 282 g/mol. The SMILES string of the molecule is CC(C)COc1ccc(NC(=O)C=Cc2cccs2)cc1. The Kier molecular flexibility index (Phi) is 5.58. The van der Waals surface area contributed by atoms with Crippen molar-refractivity contribution in [2.45, 2.75) is 13.8 Å². The van der Waals surface area contributed by atoms with Crippen molar-refractivity contribution >= 4 is 29.0 Å². The van der Waals surface area contributed by atoms with Crippen molar-refractivity contribution in [2.75, 3.05) is 11.9 Å². The number of hydrogen-bond acceptors (Lipinski definition) is 3. The van der Waals surface area contributed by atoms with E-state index in [1.165, 1.54) is 6.08 Å². The summed E-state index contributed by atoms with van der Waals surface area (Å²) in [5.74, 6) is 1.17. The van der Waals surface area contributed by atoms with E-state index in [1.807, 2.05) is 41.8 Å². The lowest BCUT2D eigenvalue weighted by Gasteiger charge is -2.09. The number of hydrogen-bond donors (Lipinski definition) is 1. The summed E-state index contributed by atoms with van der Waals surface area (Å²) in [6.07, 6.45) is 3.34. The lowest BCUT2D eigenvalue weighted by molar-refractivity contribution is -0.111. The zero-order chi connectivity index (χ0) is 15.1.